The second-order valence-corrected chi connectivity index (χ2v) is 7.30. The third-order valence-electron chi connectivity index (χ3n) is 2.98. The summed E-state index contributed by atoms with van der Waals surface area (Å²) in [6.07, 6.45) is -0.0793. The number of amides is 1. The highest BCUT2D eigenvalue weighted by atomic mass is 32.2. The maximum Gasteiger partial charge on any atom is 0.329 e. The first-order valence-corrected chi connectivity index (χ1v) is 8.14. The lowest BCUT2D eigenvalue weighted by atomic mass is 10.0. The van der Waals surface area contributed by atoms with Crippen LogP contribution in [0.3, 0.4) is 0 Å². The van der Waals surface area contributed by atoms with Gasteiger partial charge in [0.15, 0.2) is 0 Å². The highest BCUT2D eigenvalue weighted by molar-refractivity contribution is 7.89. The minimum atomic E-state index is -3.64. The number of nitrogens with one attached hydrogen (secondary N) is 1. The Labute approximate surface area is 125 Å². The third kappa shape index (κ3) is 6.87. The highest BCUT2D eigenvalue weighted by Gasteiger charge is 2.35. The van der Waals surface area contributed by atoms with E-state index >= 15 is 0 Å². The fourth-order valence-corrected chi connectivity index (χ4v) is 2.01. The quantitative estimate of drug-likeness (QED) is 0.599. The van der Waals surface area contributed by atoms with Crippen molar-refractivity contribution in [1.29, 1.82) is 0 Å². The Bertz CT molecular complexity index is 472. The van der Waals surface area contributed by atoms with Gasteiger partial charge in [0.2, 0.25) is 15.9 Å². The maximum atomic E-state index is 11.8. The smallest absolute Gasteiger partial charge is 0.329 e. The lowest BCUT2D eigenvalue weighted by Crippen LogP contribution is -2.53. The van der Waals surface area contributed by atoms with Crippen LogP contribution in [0.4, 0.5) is 0 Å². The molecule has 0 aromatic carbocycles. The SMILES string of the molecule is CC(C)OCCS(=O)(=O)NCC(=O)N(C)C(C)(C)C(=O)O. The third-order valence-corrected chi connectivity index (χ3v) is 4.27. The zero-order valence-corrected chi connectivity index (χ0v) is 13.9. The van der Waals surface area contributed by atoms with Crippen molar-refractivity contribution in [2.45, 2.75) is 39.3 Å². The summed E-state index contributed by atoms with van der Waals surface area (Å²) in [7, 11) is -2.33. The van der Waals surface area contributed by atoms with Gasteiger partial charge in [0.05, 0.1) is 25.0 Å². The molecule has 0 saturated heterocycles. The summed E-state index contributed by atoms with van der Waals surface area (Å²) in [4.78, 5) is 23.8. The van der Waals surface area contributed by atoms with Crippen LogP contribution < -0.4 is 4.72 Å². The second-order valence-electron chi connectivity index (χ2n) is 5.38. The van der Waals surface area contributed by atoms with Crippen LogP contribution in [-0.2, 0) is 24.3 Å². The van der Waals surface area contributed by atoms with Gasteiger partial charge in [0.25, 0.3) is 0 Å². The molecule has 124 valence electrons. The Balaban J connectivity index is 4.45. The van der Waals surface area contributed by atoms with Gasteiger partial charge in [-0.25, -0.2) is 17.9 Å². The molecule has 0 spiro atoms. The van der Waals surface area contributed by atoms with Crippen molar-refractivity contribution in [3.63, 3.8) is 0 Å². The average Bonchev–Trinajstić information content (AvgIpc) is 2.34. The second kappa shape index (κ2) is 7.71. The number of nitrogens with zero attached hydrogens (tertiary/aromatic N) is 1. The number of rotatable bonds is 9. The molecule has 0 aliphatic heterocycles. The van der Waals surface area contributed by atoms with Gasteiger partial charge in [0.1, 0.15) is 5.54 Å². The minimum Gasteiger partial charge on any atom is -0.480 e. The molecule has 0 bridgehead atoms. The fourth-order valence-electron chi connectivity index (χ4n) is 1.21. The topological polar surface area (TPSA) is 113 Å². The molecule has 0 unspecified atom stereocenters. The molecular formula is C12H24N2O6S. The zero-order valence-electron chi connectivity index (χ0n) is 13.0. The number of carbonyl (C=O) groups excluding carboxylic acids is 1. The highest BCUT2D eigenvalue weighted by Crippen LogP contribution is 2.12. The van der Waals surface area contributed by atoms with Crippen LogP contribution in [-0.4, -0.2) is 67.9 Å². The number of ether oxygens (including phenoxy) is 1. The summed E-state index contributed by atoms with van der Waals surface area (Å²) in [6.45, 7) is 5.82. The molecule has 1 amide bonds. The van der Waals surface area contributed by atoms with Crippen LogP contribution in [0, 0.1) is 0 Å². The van der Waals surface area contributed by atoms with E-state index in [2.05, 4.69) is 4.72 Å². The van der Waals surface area contributed by atoms with Gasteiger partial charge >= 0.3 is 5.97 Å². The molecule has 0 atom stereocenters. The summed E-state index contributed by atoms with van der Waals surface area (Å²) >= 11 is 0. The number of sulfonamides is 1. The molecule has 0 rings (SSSR count). The van der Waals surface area contributed by atoms with E-state index < -0.39 is 34.0 Å². The van der Waals surface area contributed by atoms with Gasteiger partial charge < -0.3 is 14.7 Å². The van der Waals surface area contributed by atoms with Crippen molar-refractivity contribution in [3.8, 4) is 0 Å². The van der Waals surface area contributed by atoms with Crippen LogP contribution >= 0.6 is 0 Å². The molecule has 2 N–H and O–H groups in total. The van der Waals surface area contributed by atoms with Gasteiger partial charge in [0, 0.05) is 7.05 Å². The molecule has 0 aliphatic carbocycles. The Kier molecular flexibility index (Phi) is 7.28. The predicted molar refractivity (Wildman–Crippen MR) is 77.4 cm³/mol. The van der Waals surface area contributed by atoms with Crippen molar-refractivity contribution in [2.24, 2.45) is 0 Å². The first-order chi connectivity index (χ1) is 9.40. The molecule has 0 heterocycles. The summed E-state index contributed by atoms with van der Waals surface area (Å²) in [5, 5.41) is 9.01. The predicted octanol–water partition coefficient (Wildman–Crippen LogP) is -0.348. The van der Waals surface area contributed by atoms with E-state index in [4.69, 9.17) is 9.84 Å². The fraction of sp³-hybridized carbons (Fsp3) is 0.833. The summed E-state index contributed by atoms with van der Waals surface area (Å²) in [6, 6.07) is 0. The molecule has 8 nitrogen and oxygen atoms in total. The number of carboxylic acid groups (broad SMARTS) is 1. The largest absolute Gasteiger partial charge is 0.480 e. The van der Waals surface area contributed by atoms with E-state index in [1.807, 2.05) is 0 Å². The molecule has 21 heavy (non-hydrogen) atoms. The lowest BCUT2D eigenvalue weighted by Gasteiger charge is -2.31. The van der Waals surface area contributed by atoms with E-state index in [1.165, 1.54) is 20.9 Å². The van der Waals surface area contributed by atoms with Gasteiger partial charge in [-0.15, -0.1) is 0 Å². The lowest BCUT2D eigenvalue weighted by molar-refractivity contribution is -0.154. The van der Waals surface area contributed by atoms with Crippen molar-refractivity contribution < 1.29 is 27.9 Å². The van der Waals surface area contributed by atoms with Gasteiger partial charge in [-0.3, -0.25) is 4.79 Å². The standard InChI is InChI=1S/C12H24N2O6S/c1-9(2)20-6-7-21(18,19)13-8-10(15)14(5)12(3,4)11(16)17/h9,13H,6-8H2,1-5H3,(H,16,17). The van der Waals surface area contributed by atoms with Crippen molar-refractivity contribution in [2.75, 3.05) is 26.0 Å². The van der Waals surface area contributed by atoms with E-state index in [0.29, 0.717) is 0 Å². The number of likely N-dealkylation sites (N-methyl/N-ethyl adjacent to an activating group) is 1. The first-order valence-electron chi connectivity index (χ1n) is 6.49. The van der Waals surface area contributed by atoms with Crippen LogP contribution in [0.2, 0.25) is 0 Å². The minimum absolute atomic E-state index is 0.0254. The normalized spacial score (nSPS) is 12.5. The summed E-state index contributed by atoms with van der Waals surface area (Å²) in [5.41, 5.74) is -1.41. The van der Waals surface area contributed by atoms with Gasteiger partial charge in [-0.2, -0.15) is 0 Å². The molecule has 0 aliphatic rings. The van der Waals surface area contributed by atoms with E-state index in [0.717, 1.165) is 4.90 Å². The van der Waals surface area contributed by atoms with Crippen LogP contribution in [0.25, 0.3) is 0 Å². The molecule has 0 fully saturated rings. The number of hydrogen-bond acceptors (Lipinski definition) is 5. The monoisotopic (exact) mass is 324 g/mol. The van der Waals surface area contributed by atoms with Gasteiger partial charge in [-0.05, 0) is 27.7 Å². The maximum absolute atomic E-state index is 11.8. The molecule has 0 saturated carbocycles. The van der Waals surface area contributed by atoms with Gasteiger partial charge in [-0.1, -0.05) is 0 Å². The van der Waals surface area contributed by atoms with Crippen LogP contribution in [0.5, 0.6) is 0 Å². The Morgan fingerprint density at radius 1 is 1.33 bits per heavy atom. The van der Waals surface area contributed by atoms with Crippen LogP contribution in [0.15, 0.2) is 0 Å². The summed E-state index contributed by atoms with van der Waals surface area (Å²) < 4.78 is 30.5. The Morgan fingerprint density at radius 2 is 1.86 bits per heavy atom. The molecule has 9 heteroatoms. The van der Waals surface area contributed by atoms with Crippen molar-refractivity contribution in [3.05, 3.63) is 0 Å². The molecular weight excluding hydrogens is 300 g/mol. The van der Waals surface area contributed by atoms with Crippen molar-refractivity contribution in [1.82, 2.24) is 9.62 Å². The van der Waals surface area contributed by atoms with E-state index in [9.17, 15) is 18.0 Å². The number of carboxylic acids is 1. The number of hydrogen-bond donors (Lipinski definition) is 2. The van der Waals surface area contributed by atoms with Crippen LogP contribution in [0.1, 0.15) is 27.7 Å². The molecule has 0 radical (unpaired) electrons. The number of aliphatic carboxylic acids is 1. The number of carbonyl (C=O) groups is 2. The zero-order chi connectivity index (χ0) is 16.8. The Morgan fingerprint density at radius 3 is 2.29 bits per heavy atom. The molecule has 0 aromatic rings. The van der Waals surface area contributed by atoms with Crippen molar-refractivity contribution >= 4 is 21.9 Å². The Hall–Kier alpha value is -1.19. The first kappa shape index (κ1) is 19.8. The molecule has 0 aromatic heterocycles. The van der Waals surface area contributed by atoms with E-state index in [1.54, 1.807) is 13.8 Å². The average molecular weight is 324 g/mol. The van der Waals surface area contributed by atoms with E-state index in [-0.39, 0.29) is 18.5 Å². The summed E-state index contributed by atoms with van der Waals surface area (Å²) in [5.74, 6) is -2.06.